The molecular weight excluding hydrogens is 416 g/mol. The summed E-state index contributed by atoms with van der Waals surface area (Å²) in [4.78, 5) is 46.4. The summed E-state index contributed by atoms with van der Waals surface area (Å²) < 4.78 is 28.1. The number of aromatic nitrogens is 2. The summed E-state index contributed by atoms with van der Waals surface area (Å²) in [6.07, 6.45) is 1.15. The number of rotatable bonds is 6. The van der Waals surface area contributed by atoms with E-state index in [1.54, 1.807) is 25.3 Å². The SMILES string of the molecule is COc1ccc(-c2cc3c(NC(P(=O)(O)O)P(=O)(O)O)ncnc3s2)cc1. The molecule has 1 aromatic carbocycles. The Morgan fingerprint density at radius 3 is 2.26 bits per heavy atom. The molecule has 0 saturated carbocycles. The Labute approximate surface area is 157 Å². The molecular formula is C14H15N3O7P2S. The number of nitrogens with one attached hydrogen (secondary N) is 1. The molecule has 10 nitrogen and oxygen atoms in total. The van der Waals surface area contributed by atoms with Crippen LogP contribution >= 0.6 is 26.5 Å². The molecule has 0 fully saturated rings. The normalized spacial score (nSPS) is 12.5. The van der Waals surface area contributed by atoms with E-state index in [1.807, 2.05) is 12.1 Å². The van der Waals surface area contributed by atoms with Gasteiger partial charge >= 0.3 is 15.2 Å². The Morgan fingerprint density at radius 1 is 1.07 bits per heavy atom. The molecule has 0 aliphatic rings. The van der Waals surface area contributed by atoms with Crippen molar-refractivity contribution in [2.45, 2.75) is 5.52 Å². The third-order valence-electron chi connectivity index (χ3n) is 3.61. The second kappa shape index (κ2) is 7.29. The Balaban J connectivity index is 2.03. The van der Waals surface area contributed by atoms with E-state index < -0.39 is 20.7 Å². The smallest absolute Gasteiger partial charge is 0.360 e. The lowest BCUT2D eigenvalue weighted by molar-refractivity contribution is 0.343. The fourth-order valence-corrected chi connectivity index (χ4v) is 5.51. The van der Waals surface area contributed by atoms with Crippen LogP contribution in [0.1, 0.15) is 0 Å². The van der Waals surface area contributed by atoms with E-state index in [9.17, 15) is 28.7 Å². The topological polar surface area (TPSA) is 162 Å². The molecule has 3 rings (SSSR count). The minimum absolute atomic E-state index is 0.0762. The number of methoxy groups -OCH3 is 1. The van der Waals surface area contributed by atoms with Crippen LogP contribution in [0.15, 0.2) is 36.7 Å². The Hall–Kier alpha value is -1.84. The summed E-state index contributed by atoms with van der Waals surface area (Å²) in [6, 6.07) is 8.90. The van der Waals surface area contributed by atoms with Gasteiger partial charge in [0.15, 0.2) is 0 Å². The molecule has 2 heterocycles. The Bertz CT molecular complexity index is 1040. The van der Waals surface area contributed by atoms with Crippen LogP contribution < -0.4 is 10.1 Å². The van der Waals surface area contributed by atoms with Gasteiger partial charge in [0.2, 0.25) is 5.52 Å². The summed E-state index contributed by atoms with van der Waals surface area (Å²) in [6.45, 7) is 0. The predicted molar refractivity (Wildman–Crippen MR) is 101 cm³/mol. The zero-order valence-corrected chi connectivity index (χ0v) is 16.4. The molecule has 5 N–H and O–H groups in total. The predicted octanol–water partition coefficient (Wildman–Crippen LogP) is 2.42. The van der Waals surface area contributed by atoms with E-state index in [-0.39, 0.29) is 5.82 Å². The molecule has 0 bridgehead atoms. The highest BCUT2D eigenvalue weighted by Crippen LogP contribution is 2.59. The van der Waals surface area contributed by atoms with Gasteiger partial charge in [-0.3, -0.25) is 9.13 Å². The molecule has 2 aromatic heterocycles. The number of ether oxygens (including phenoxy) is 1. The highest BCUT2D eigenvalue weighted by Gasteiger charge is 2.44. The fraction of sp³-hybridized carbons (Fsp3) is 0.143. The summed E-state index contributed by atoms with van der Waals surface area (Å²) in [5.41, 5.74) is -1.54. The van der Waals surface area contributed by atoms with E-state index in [2.05, 4.69) is 15.3 Å². The van der Waals surface area contributed by atoms with Gasteiger partial charge < -0.3 is 29.6 Å². The highest BCUT2D eigenvalue weighted by atomic mass is 32.1. The van der Waals surface area contributed by atoms with Gasteiger partial charge in [0.25, 0.3) is 0 Å². The van der Waals surface area contributed by atoms with Gasteiger partial charge in [-0.1, -0.05) is 0 Å². The molecule has 0 aliphatic carbocycles. The van der Waals surface area contributed by atoms with Crippen molar-refractivity contribution in [2.24, 2.45) is 0 Å². The number of fused-ring (bicyclic) bond motifs is 1. The number of anilines is 1. The third kappa shape index (κ3) is 4.36. The largest absolute Gasteiger partial charge is 0.497 e. The van der Waals surface area contributed by atoms with Gasteiger partial charge in [-0.2, -0.15) is 0 Å². The van der Waals surface area contributed by atoms with E-state index in [1.165, 1.54) is 11.3 Å². The van der Waals surface area contributed by atoms with Crippen LogP contribution in [-0.4, -0.2) is 42.2 Å². The number of hydrogen-bond donors (Lipinski definition) is 5. The maximum atomic E-state index is 11.5. The van der Waals surface area contributed by atoms with Gasteiger partial charge in [-0.25, -0.2) is 9.97 Å². The first kappa shape index (κ1) is 19.9. The van der Waals surface area contributed by atoms with Crippen molar-refractivity contribution in [3.05, 3.63) is 36.7 Å². The van der Waals surface area contributed by atoms with Crippen LogP contribution in [0.25, 0.3) is 20.7 Å². The number of benzene rings is 1. The fourth-order valence-electron chi connectivity index (χ4n) is 2.35. The highest BCUT2D eigenvalue weighted by molar-refractivity contribution is 7.71. The van der Waals surface area contributed by atoms with Crippen molar-refractivity contribution in [1.29, 1.82) is 0 Å². The molecule has 0 unspecified atom stereocenters. The lowest BCUT2D eigenvalue weighted by Gasteiger charge is -2.21. The van der Waals surface area contributed by atoms with Crippen LogP contribution in [0.5, 0.6) is 5.75 Å². The molecule has 144 valence electrons. The zero-order chi connectivity index (χ0) is 19.8. The van der Waals surface area contributed by atoms with E-state index >= 15 is 0 Å². The van der Waals surface area contributed by atoms with E-state index in [0.29, 0.717) is 16.0 Å². The van der Waals surface area contributed by atoms with Crippen LogP contribution in [-0.2, 0) is 9.13 Å². The lowest BCUT2D eigenvalue weighted by atomic mass is 10.2. The monoisotopic (exact) mass is 431 g/mol. The summed E-state index contributed by atoms with van der Waals surface area (Å²) >= 11 is 1.30. The van der Waals surface area contributed by atoms with Crippen LogP contribution in [0, 0.1) is 0 Å². The number of hydrogen-bond acceptors (Lipinski definition) is 7. The maximum Gasteiger partial charge on any atom is 0.360 e. The van der Waals surface area contributed by atoms with Crippen molar-refractivity contribution >= 4 is 42.6 Å². The molecule has 0 saturated heterocycles. The van der Waals surface area contributed by atoms with Gasteiger partial charge in [-0.05, 0) is 35.9 Å². The lowest BCUT2D eigenvalue weighted by Crippen LogP contribution is -2.20. The van der Waals surface area contributed by atoms with Crippen LogP contribution in [0.2, 0.25) is 0 Å². The first-order valence-electron chi connectivity index (χ1n) is 7.35. The minimum Gasteiger partial charge on any atom is -0.497 e. The number of nitrogens with zero attached hydrogens (tertiary/aromatic N) is 2. The minimum atomic E-state index is -5.15. The Morgan fingerprint density at radius 2 is 1.70 bits per heavy atom. The third-order valence-corrected chi connectivity index (χ3v) is 8.04. The van der Waals surface area contributed by atoms with Gasteiger partial charge in [0.05, 0.1) is 12.5 Å². The first-order valence-corrected chi connectivity index (χ1v) is 11.5. The summed E-state index contributed by atoms with van der Waals surface area (Å²) in [5.74, 6) is 0.612. The van der Waals surface area contributed by atoms with Crippen molar-refractivity contribution < 1.29 is 33.4 Å². The quantitative estimate of drug-likeness (QED) is 0.366. The first-order chi connectivity index (χ1) is 12.6. The molecule has 0 amide bonds. The molecule has 0 atom stereocenters. The molecule has 0 aliphatic heterocycles. The van der Waals surface area contributed by atoms with Crippen molar-refractivity contribution in [1.82, 2.24) is 9.97 Å². The van der Waals surface area contributed by atoms with Crippen molar-refractivity contribution in [2.75, 3.05) is 12.4 Å². The van der Waals surface area contributed by atoms with Crippen LogP contribution in [0.3, 0.4) is 0 Å². The Kier molecular flexibility index (Phi) is 5.38. The molecule has 13 heteroatoms. The second-order valence-corrected chi connectivity index (χ2v) is 10.3. The van der Waals surface area contributed by atoms with Crippen molar-refractivity contribution in [3.8, 4) is 16.2 Å². The standard InChI is InChI=1S/C14H15N3O7P2S/c1-24-9-4-2-8(3-5-9)11-6-10-12(15-7-16-13(10)27-11)17-14(25(18,19)20)26(21,22)23/h2-7,14H,1H3,(H,15,16,17)(H2,18,19,20)(H2,21,22,23). The summed E-state index contributed by atoms with van der Waals surface area (Å²) in [7, 11) is -8.74. The second-order valence-electron chi connectivity index (χ2n) is 5.48. The zero-order valence-electron chi connectivity index (χ0n) is 13.8. The maximum absolute atomic E-state index is 11.5. The average Bonchev–Trinajstić information content (AvgIpc) is 3.02. The molecule has 27 heavy (non-hydrogen) atoms. The molecule has 0 spiro atoms. The van der Waals surface area contributed by atoms with Crippen LogP contribution in [0.4, 0.5) is 5.82 Å². The van der Waals surface area contributed by atoms with E-state index in [0.717, 1.165) is 16.8 Å². The molecule has 3 aromatic rings. The summed E-state index contributed by atoms with van der Waals surface area (Å²) in [5, 5.41) is 2.58. The average molecular weight is 431 g/mol. The molecule has 0 radical (unpaired) electrons. The number of thiophene rings is 1. The van der Waals surface area contributed by atoms with Crippen molar-refractivity contribution in [3.63, 3.8) is 0 Å². The van der Waals surface area contributed by atoms with Gasteiger partial charge in [0.1, 0.15) is 22.7 Å². The van der Waals surface area contributed by atoms with Gasteiger partial charge in [-0.15, -0.1) is 11.3 Å². The van der Waals surface area contributed by atoms with E-state index in [4.69, 9.17) is 4.74 Å². The van der Waals surface area contributed by atoms with Gasteiger partial charge in [0, 0.05) is 4.88 Å².